The molecular weight excluding hydrogens is 220 g/mol. The summed E-state index contributed by atoms with van der Waals surface area (Å²) < 4.78 is 0. The third-order valence-electron chi connectivity index (χ3n) is 3.54. The second-order valence-electron chi connectivity index (χ2n) is 4.73. The minimum absolute atomic E-state index is 0.449. The number of aliphatic hydroxyl groups is 1. The molecule has 90 valence electrons. The van der Waals surface area contributed by atoms with Crippen LogP contribution in [0.2, 0.25) is 0 Å². The van der Waals surface area contributed by atoms with Crippen LogP contribution in [0.1, 0.15) is 29.2 Å². The van der Waals surface area contributed by atoms with Crippen LogP contribution in [0.5, 0.6) is 0 Å². The van der Waals surface area contributed by atoms with Gasteiger partial charge in [-0.05, 0) is 35.1 Å². The van der Waals surface area contributed by atoms with Gasteiger partial charge in [0, 0.05) is 0 Å². The zero-order chi connectivity index (χ0) is 12.4. The van der Waals surface area contributed by atoms with E-state index in [1.165, 1.54) is 5.56 Å². The van der Waals surface area contributed by atoms with Gasteiger partial charge in [0.1, 0.15) is 6.10 Å². The van der Waals surface area contributed by atoms with Crippen LogP contribution in [0.4, 0.5) is 0 Å². The molecule has 1 nitrogen and oxygen atoms in total. The van der Waals surface area contributed by atoms with E-state index in [1.54, 1.807) is 0 Å². The van der Waals surface area contributed by atoms with Crippen LogP contribution in [-0.2, 0) is 6.42 Å². The Balaban J connectivity index is 1.96. The minimum atomic E-state index is -0.449. The molecule has 0 spiro atoms. The number of rotatable bonds is 1. The smallest absolute Gasteiger partial charge is 0.101 e. The van der Waals surface area contributed by atoms with E-state index in [4.69, 9.17) is 0 Å². The molecule has 0 fully saturated rings. The molecule has 0 saturated heterocycles. The summed E-state index contributed by atoms with van der Waals surface area (Å²) in [6.45, 7) is 0. The van der Waals surface area contributed by atoms with Crippen molar-refractivity contribution in [2.45, 2.75) is 18.9 Å². The number of aryl methyl sites for hydroxylation is 1. The van der Waals surface area contributed by atoms with Gasteiger partial charge in [-0.15, -0.1) is 0 Å². The molecule has 2 aromatic rings. The molecule has 0 heterocycles. The predicted octanol–water partition coefficient (Wildman–Crippen LogP) is 3.75. The van der Waals surface area contributed by atoms with E-state index in [-0.39, 0.29) is 0 Å². The molecule has 0 aliphatic heterocycles. The van der Waals surface area contributed by atoms with Gasteiger partial charge >= 0.3 is 0 Å². The van der Waals surface area contributed by atoms with E-state index in [9.17, 15) is 5.11 Å². The van der Waals surface area contributed by atoms with E-state index in [2.05, 4.69) is 24.3 Å². The first-order chi connectivity index (χ1) is 8.84. The third-order valence-corrected chi connectivity index (χ3v) is 3.54. The Bertz CT molecular complexity index is 569. The highest BCUT2D eigenvalue weighted by Crippen LogP contribution is 2.34. The Morgan fingerprint density at radius 2 is 1.61 bits per heavy atom. The normalized spacial score (nSPS) is 20.7. The molecule has 1 aliphatic carbocycles. The first-order valence-corrected chi connectivity index (χ1v) is 6.36. The summed E-state index contributed by atoms with van der Waals surface area (Å²) in [5, 5.41) is 10.4. The molecule has 0 saturated carbocycles. The Morgan fingerprint density at radius 3 is 2.44 bits per heavy atom. The van der Waals surface area contributed by atoms with Gasteiger partial charge in [0.2, 0.25) is 0 Å². The number of hydrogen-bond acceptors (Lipinski definition) is 1. The highest BCUT2D eigenvalue weighted by Gasteiger charge is 2.21. The topological polar surface area (TPSA) is 20.2 Å². The molecule has 3 rings (SSSR count). The van der Waals surface area contributed by atoms with Crippen LogP contribution in [-0.4, -0.2) is 5.11 Å². The van der Waals surface area contributed by atoms with Crippen LogP contribution in [0.15, 0.2) is 60.2 Å². The molecule has 1 aliphatic rings. The highest BCUT2D eigenvalue weighted by molar-refractivity contribution is 5.56. The fourth-order valence-corrected chi connectivity index (χ4v) is 2.56. The van der Waals surface area contributed by atoms with Crippen LogP contribution in [0.3, 0.4) is 0 Å². The van der Waals surface area contributed by atoms with Crippen LogP contribution >= 0.6 is 0 Å². The number of fused-ring (bicyclic) bond motifs is 1. The average Bonchev–Trinajstić information content (AvgIpc) is 2.43. The predicted molar refractivity (Wildman–Crippen MR) is 74.1 cm³/mol. The summed E-state index contributed by atoms with van der Waals surface area (Å²) in [4.78, 5) is 0. The molecule has 18 heavy (non-hydrogen) atoms. The average molecular weight is 236 g/mol. The molecule has 0 bridgehead atoms. The van der Waals surface area contributed by atoms with Gasteiger partial charge < -0.3 is 5.11 Å². The van der Waals surface area contributed by atoms with Gasteiger partial charge in [-0.2, -0.15) is 0 Å². The quantitative estimate of drug-likeness (QED) is 0.799. The zero-order valence-electron chi connectivity index (χ0n) is 10.2. The van der Waals surface area contributed by atoms with Gasteiger partial charge in [0.15, 0.2) is 0 Å². The Labute approximate surface area is 107 Å². The molecule has 2 aromatic carbocycles. The maximum absolute atomic E-state index is 10.4. The van der Waals surface area contributed by atoms with Gasteiger partial charge in [-0.3, -0.25) is 0 Å². The molecule has 0 amide bonds. The molecular formula is C17H16O. The van der Waals surface area contributed by atoms with Crippen LogP contribution in [0, 0.1) is 0 Å². The van der Waals surface area contributed by atoms with Crippen molar-refractivity contribution in [3.8, 4) is 0 Å². The summed E-state index contributed by atoms with van der Waals surface area (Å²) in [5.41, 5.74) is 4.60. The van der Waals surface area contributed by atoms with E-state index in [0.29, 0.717) is 0 Å². The largest absolute Gasteiger partial charge is 0.384 e. The first kappa shape index (κ1) is 11.2. The molecule has 1 N–H and O–H groups in total. The van der Waals surface area contributed by atoms with Crippen molar-refractivity contribution in [2.75, 3.05) is 0 Å². The van der Waals surface area contributed by atoms with Crippen molar-refractivity contribution in [1.29, 1.82) is 0 Å². The fraction of sp³-hybridized carbons (Fsp3) is 0.176. The van der Waals surface area contributed by atoms with Gasteiger partial charge in [0.05, 0.1) is 0 Å². The second-order valence-corrected chi connectivity index (χ2v) is 4.73. The number of hydrogen-bond donors (Lipinski definition) is 1. The summed E-state index contributed by atoms with van der Waals surface area (Å²) in [6.07, 6.45) is 3.62. The molecule has 1 unspecified atom stereocenters. The van der Waals surface area contributed by atoms with E-state index in [0.717, 1.165) is 29.5 Å². The Morgan fingerprint density at radius 1 is 0.889 bits per heavy atom. The summed E-state index contributed by atoms with van der Waals surface area (Å²) >= 11 is 0. The zero-order valence-corrected chi connectivity index (χ0v) is 10.2. The van der Waals surface area contributed by atoms with Crippen molar-refractivity contribution < 1.29 is 5.11 Å². The highest BCUT2D eigenvalue weighted by atomic mass is 16.3. The Kier molecular flexibility index (Phi) is 2.99. The molecule has 0 aromatic heterocycles. The van der Waals surface area contributed by atoms with Crippen molar-refractivity contribution in [3.63, 3.8) is 0 Å². The number of aliphatic hydroxyl groups excluding tert-OH is 1. The molecule has 1 heteroatoms. The SMILES string of the molecule is OC1C(=Cc2ccccc2)CCc2ccccc21. The first-order valence-electron chi connectivity index (χ1n) is 6.36. The van der Waals surface area contributed by atoms with Crippen molar-refractivity contribution in [2.24, 2.45) is 0 Å². The van der Waals surface area contributed by atoms with E-state index >= 15 is 0 Å². The Hall–Kier alpha value is -1.86. The lowest BCUT2D eigenvalue weighted by Gasteiger charge is -2.24. The summed E-state index contributed by atoms with van der Waals surface area (Å²) in [7, 11) is 0. The van der Waals surface area contributed by atoms with Crippen molar-refractivity contribution in [3.05, 3.63) is 76.9 Å². The summed E-state index contributed by atoms with van der Waals surface area (Å²) in [6, 6.07) is 18.4. The number of benzene rings is 2. The minimum Gasteiger partial charge on any atom is -0.384 e. The maximum atomic E-state index is 10.4. The lowest BCUT2D eigenvalue weighted by Crippen LogP contribution is -2.11. The molecule has 1 atom stereocenters. The maximum Gasteiger partial charge on any atom is 0.101 e. The van der Waals surface area contributed by atoms with Crippen LogP contribution in [0.25, 0.3) is 6.08 Å². The van der Waals surface area contributed by atoms with Gasteiger partial charge in [0.25, 0.3) is 0 Å². The fourth-order valence-electron chi connectivity index (χ4n) is 2.56. The van der Waals surface area contributed by atoms with E-state index in [1.807, 2.05) is 36.4 Å². The second kappa shape index (κ2) is 4.79. The monoisotopic (exact) mass is 236 g/mol. The van der Waals surface area contributed by atoms with E-state index < -0.39 is 6.10 Å². The van der Waals surface area contributed by atoms with Gasteiger partial charge in [-0.1, -0.05) is 60.7 Å². The van der Waals surface area contributed by atoms with Crippen molar-refractivity contribution in [1.82, 2.24) is 0 Å². The third kappa shape index (κ3) is 2.09. The molecule has 0 radical (unpaired) electrons. The lowest BCUT2D eigenvalue weighted by atomic mass is 9.85. The van der Waals surface area contributed by atoms with Gasteiger partial charge in [-0.25, -0.2) is 0 Å². The standard InChI is InChI=1S/C17H16O/c18-17-15(12-13-6-2-1-3-7-13)11-10-14-8-4-5-9-16(14)17/h1-9,12,17-18H,10-11H2. The van der Waals surface area contributed by atoms with Crippen LogP contribution < -0.4 is 0 Å². The van der Waals surface area contributed by atoms with Crippen molar-refractivity contribution >= 4 is 6.08 Å². The lowest BCUT2D eigenvalue weighted by molar-refractivity contribution is 0.206. The summed E-state index contributed by atoms with van der Waals surface area (Å²) in [5.74, 6) is 0.